The zero-order chi connectivity index (χ0) is 12.3. The predicted molar refractivity (Wildman–Crippen MR) is 63.8 cm³/mol. The van der Waals surface area contributed by atoms with Gasteiger partial charge in [0.05, 0.1) is 11.2 Å². The monoisotopic (exact) mass is 254 g/mol. The Morgan fingerprint density at radius 2 is 1.94 bits per heavy atom. The third-order valence-electron chi connectivity index (χ3n) is 2.49. The van der Waals surface area contributed by atoms with Gasteiger partial charge in [-0.15, -0.1) is 11.3 Å². The molecule has 0 saturated carbocycles. The molecule has 1 aromatic heterocycles. The minimum atomic E-state index is -0.515. The van der Waals surface area contributed by atoms with E-state index in [4.69, 9.17) is 0 Å². The van der Waals surface area contributed by atoms with Crippen LogP contribution >= 0.6 is 11.3 Å². The summed E-state index contributed by atoms with van der Waals surface area (Å²) in [6, 6.07) is 3.89. The number of hydrogen-bond acceptors (Lipinski definition) is 3. The average Bonchev–Trinajstić information content (AvgIpc) is 2.69. The summed E-state index contributed by atoms with van der Waals surface area (Å²) in [4.78, 5) is 5.19. The lowest BCUT2D eigenvalue weighted by Crippen LogP contribution is -2.14. The third kappa shape index (κ3) is 2.87. The normalized spacial score (nSPS) is 10.8. The highest BCUT2D eigenvalue weighted by molar-refractivity contribution is 7.09. The van der Waals surface area contributed by atoms with E-state index < -0.39 is 11.6 Å². The van der Waals surface area contributed by atoms with Gasteiger partial charge in [-0.3, -0.25) is 0 Å². The van der Waals surface area contributed by atoms with Crippen molar-refractivity contribution >= 4 is 11.3 Å². The van der Waals surface area contributed by atoms with Crippen molar-refractivity contribution in [3.8, 4) is 0 Å². The van der Waals surface area contributed by atoms with Gasteiger partial charge in [0.25, 0.3) is 0 Å². The molecule has 0 aliphatic rings. The first-order chi connectivity index (χ1) is 8.18. The van der Waals surface area contributed by atoms with Gasteiger partial charge in [0, 0.05) is 23.5 Å². The number of aryl methyl sites for hydroxylation is 1. The summed E-state index contributed by atoms with van der Waals surface area (Å²) in [6.45, 7) is 2.66. The van der Waals surface area contributed by atoms with Gasteiger partial charge in [-0.2, -0.15) is 0 Å². The Labute approximate surface area is 102 Å². The van der Waals surface area contributed by atoms with E-state index in [1.165, 1.54) is 29.5 Å². The van der Waals surface area contributed by atoms with Crippen LogP contribution in [0.3, 0.4) is 0 Å². The molecule has 5 heteroatoms. The fourth-order valence-corrected chi connectivity index (χ4v) is 2.24. The van der Waals surface area contributed by atoms with Gasteiger partial charge in [-0.1, -0.05) is 6.07 Å². The second kappa shape index (κ2) is 5.33. The van der Waals surface area contributed by atoms with Crippen LogP contribution in [0.25, 0.3) is 0 Å². The summed E-state index contributed by atoms with van der Waals surface area (Å²) in [6.07, 6.45) is 0. The van der Waals surface area contributed by atoms with Gasteiger partial charge in [0.1, 0.15) is 11.6 Å². The lowest BCUT2D eigenvalue weighted by atomic mass is 10.2. The lowest BCUT2D eigenvalue weighted by molar-refractivity contribution is 0.536. The first-order valence-corrected chi connectivity index (χ1v) is 6.09. The zero-order valence-electron chi connectivity index (χ0n) is 9.34. The Hall–Kier alpha value is -1.33. The SMILES string of the molecule is Cc1ncsc1CNCc1c(F)cccc1F. The average molecular weight is 254 g/mol. The first-order valence-electron chi connectivity index (χ1n) is 5.21. The minimum Gasteiger partial charge on any atom is -0.308 e. The van der Waals surface area contributed by atoms with Crippen LogP contribution < -0.4 is 5.32 Å². The molecule has 1 aromatic carbocycles. The van der Waals surface area contributed by atoms with Gasteiger partial charge in [-0.25, -0.2) is 13.8 Å². The summed E-state index contributed by atoms with van der Waals surface area (Å²) < 4.78 is 26.6. The molecule has 0 atom stereocenters. The van der Waals surface area contributed by atoms with E-state index in [2.05, 4.69) is 10.3 Å². The van der Waals surface area contributed by atoms with Crippen molar-refractivity contribution in [2.45, 2.75) is 20.0 Å². The standard InChI is InChI=1S/C12H12F2N2S/c1-8-12(17-7-16-8)6-15-5-9-10(13)3-2-4-11(9)14/h2-4,7,15H,5-6H2,1H3. The number of thiazole rings is 1. The van der Waals surface area contributed by atoms with Crippen molar-refractivity contribution in [1.29, 1.82) is 0 Å². The van der Waals surface area contributed by atoms with Gasteiger partial charge < -0.3 is 5.32 Å². The van der Waals surface area contributed by atoms with Crippen molar-refractivity contribution in [1.82, 2.24) is 10.3 Å². The molecule has 2 rings (SSSR count). The number of nitrogens with one attached hydrogen (secondary N) is 1. The van der Waals surface area contributed by atoms with Crippen molar-refractivity contribution in [2.24, 2.45) is 0 Å². The summed E-state index contributed by atoms with van der Waals surface area (Å²) in [5.74, 6) is -1.03. The molecule has 0 aliphatic heterocycles. The Kier molecular flexibility index (Phi) is 3.81. The number of aromatic nitrogens is 1. The molecular formula is C12H12F2N2S. The fourth-order valence-electron chi connectivity index (χ4n) is 1.50. The molecule has 0 saturated heterocycles. The molecule has 0 unspecified atom stereocenters. The van der Waals surface area contributed by atoms with E-state index >= 15 is 0 Å². The molecule has 0 amide bonds. The maximum atomic E-state index is 13.3. The molecule has 90 valence electrons. The fraction of sp³-hybridized carbons (Fsp3) is 0.250. The topological polar surface area (TPSA) is 24.9 Å². The predicted octanol–water partition coefficient (Wildman–Crippen LogP) is 3.02. The van der Waals surface area contributed by atoms with Crippen LogP contribution in [0.4, 0.5) is 8.78 Å². The maximum absolute atomic E-state index is 13.3. The summed E-state index contributed by atoms with van der Waals surface area (Å²) in [5.41, 5.74) is 2.79. The molecule has 0 fully saturated rings. The Balaban J connectivity index is 1.97. The van der Waals surface area contributed by atoms with Crippen LogP contribution in [0.1, 0.15) is 16.1 Å². The Morgan fingerprint density at radius 3 is 2.53 bits per heavy atom. The number of hydrogen-bond donors (Lipinski definition) is 1. The lowest BCUT2D eigenvalue weighted by Gasteiger charge is -2.06. The van der Waals surface area contributed by atoms with E-state index in [-0.39, 0.29) is 12.1 Å². The molecule has 0 radical (unpaired) electrons. The number of rotatable bonds is 4. The van der Waals surface area contributed by atoms with E-state index in [1.807, 2.05) is 6.92 Å². The highest BCUT2D eigenvalue weighted by atomic mass is 32.1. The second-order valence-electron chi connectivity index (χ2n) is 3.66. The third-order valence-corrected chi connectivity index (χ3v) is 3.43. The molecule has 0 bridgehead atoms. The van der Waals surface area contributed by atoms with Crippen LogP contribution in [0.2, 0.25) is 0 Å². The second-order valence-corrected chi connectivity index (χ2v) is 4.60. The quantitative estimate of drug-likeness (QED) is 0.907. The molecule has 2 nitrogen and oxygen atoms in total. The van der Waals surface area contributed by atoms with Crippen LogP contribution in [-0.2, 0) is 13.1 Å². The Bertz CT molecular complexity index is 491. The van der Waals surface area contributed by atoms with Gasteiger partial charge in [0.15, 0.2) is 0 Å². The number of benzene rings is 1. The molecule has 0 aliphatic carbocycles. The van der Waals surface area contributed by atoms with E-state index in [9.17, 15) is 8.78 Å². The van der Waals surface area contributed by atoms with E-state index in [1.54, 1.807) is 5.51 Å². The van der Waals surface area contributed by atoms with E-state index in [0.29, 0.717) is 6.54 Å². The molecule has 1 heterocycles. The van der Waals surface area contributed by atoms with Crippen molar-refractivity contribution in [2.75, 3.05) is 0 Å². The summed E-state index contributed by atoms with van der Waals surface area (Å²) in [7, 11) is 0. The van der Waals surface area contributed by atoms with Gasteiger partial charge >= 0.3 is 0 Å². The number of nitrogens with zero attached hydrogens (tertiary/aromatic N) is 1. The molecule has 0 spiro atoms. The molecule has 2 aromatic rings. The van der Waals surface area contributed by atoms with Crippen molar-refractivity contribution in [3.63, 3.8) is 0 Å². The minimum absolute atomic E-state index is 0.0784. The zero-order valence-corrected chi connectivity index (χ0v) is 10.2. The van der Waals surface area contributed by atoms with Crippen molar-refractivity contribution < 1.29 is 8.78 Å². The van der Waals surface area contributed by atoms with Crippen LogP contribution in [0, 0.1) is 18.6 Å². The van der Waals surface area contributed by atoms with Crippen LogP contribution in [0.5, 0.6) is 0 Å². The van der Waals surface area contributed by atoms with E-state index in [0.717, 1.165) is 10.6 Å². The maximum Gasteiger partial charge on any atom is 0.130 e. The van der Waals surface area contributed by atoms with Crippen molar-refractivity contribution in [3.05, 3.63) is 51.5 Å². The summed E-state index contributed by atoms with van der Waals surface area (Å²) >= 11 is 1.53. The highest BCUT2D eigenvalue weighted by Gasteiger charge is 2.08. The Morgan fingerprint density at radius 1 is 1.24 bits per heavy atom. The van der Waals surface area contributed by atoms with Crippen LogP contribution in [-0.4, -0.2) is 4.98 Å². The number of halogens is 2. The smallest absolute Gasteiger partial charge is 0.130 e. The van der Waals surface area contributed by atoms with Gasteiger partial charge in [-0.05, 0) is 19.1 Å². The van der Waals surface area contributed by atoms with Gasteiger partial charge in [0.2, 0.25) is 0 Å². The molecule has 1 N–H and O–H groups in total. The summed E-state index contributed by atoms with van der Waals surface area (Å²) in [5, 5.41) is 3.02. The first kappa shape index (κ1) is 12.1. The highest BCUT2D eigenvalue weighted by Crippen LogP contribution is 2.14. The van der Waals surface area contributed by atoms with Crippen LogP contribution in [0.15, 0.2) is 23.7 Å². The molecular weight excluding hydrogens is 242 g/mol. The molecule has 17 heavy (non-hydrogen) atoms. The largest absolute Gasteiger partial charge is 0.308 e.